The standard InChI is InChI=1S/C17H11ClFNO2S/c18-15-4-2-1-3-14(15)17(21)22-9-13-10-23-16(20-13)11-5-7-12(19)8-6-11/h1-8,10H,9H2. The highest BCUT2D eigenvalue weighted by molar-refractivity contribution is 7.13. The minimum atomic E-state index is -0.494. The lowest BCUT2D eigenvalue weighted by molar-refractivity contribution is 0.0468. The molecule has 0 radical (unpaired) electrons. The molecule has 0 N–H and O–H groups in total. The zero-order chi connectivity index (χ0) is 16.2. The summed E-state index contributed by atoms with van der Waals surface area (Å²) >= 11 is 7.36. The minimum Gasteiger partial charge on any atom is -0.456 e. The van der Waals surface area contributed by atoms with Gasteiger partial charge in [-0.2, -0.15) is 0 Å². The molecule has 1 aromatic heterocycles. The third-order valence-corrected chi connectivity index (χ3v) is 4.36. The quantitative estimate of drug-likeness (QED) is 0.626. The first-order valence-corrected chi connectivity index (χ1v) is 8.01. The van der Waals surface area contributed by atoms with E-state index >= 15 is 0 Å². The largest absolute Gasteiger partial charge is 0.456 e. The van der Waals surface area contributed by atoms with E-state index in [4.69, 9.17) is 16.3 Å². The van der Waals surface area contributed by atoms with Gasteiger partial charge in [0, 0.05) is 10.9 Å². The topological polar surface area (TPSA) is 39.2 Å². The number of halogens is 2. The van der Waals surface area contributed by atoms with E-state index in [9.17, 15) is 9.18 Å². The van der Waals surface area contributed by atoms with E-state index < -0.39 is 5.97 Å². The summed E-state index contributed by atoms with van der Waals surface area (Å²) in [5.41, 5.74) is 1.78. The summed E-state index contributed by atoms with van der Waals surface area (Å²) in [4.78, 5) is 16.4. The Balaban J connectivity index is 1.67. The van der Waals surface area contributed by atoms with Crippen molar-refractivity contribution < 1.29 is 13.9 Å². The van der Waals surface area contributed by atoms with Gasteiger partial charge in [-0.15, -0.1) is 11.3 Å². The van der Waals surface area contributed by atoms with Crippen molar-refractivity contribution >= 4 is 28.9 Å². The van der Waals surface area contributed by atoms with Gasteiger partial charge < -0.3 is 4.74 Å². The minimum absolute atomic E-state index is 0.0573. The molecule has 0 aliphatic heterocycles. The summed E-state index contributed by atoms with van der Waals surface area (Å²) < 4.78 is 18.1. The Bertz CT molecular complexity index is 833. The number of nitrogens with zero attached hydrogens (tertiary/aromatic N) is 1. The fraction of sp³-hybridized carbons (Fsp3) is 0.0588. The van der Waals surface area contributed by atoms with E-state index in [1.165, 1.54) is 23.5 Å². The summed E-state index contributed by atoms with van der Waals surface area (Å²) in [5, 5.41) is 2.90. The van der Waals surface area contributed by atoms with Crippen molar-refractivity contribution in [2.24, 2.45) is 0 Å². The number of thiazole rings is 1. The van der Waals surface area contributed by atoms with Crippen LogP contribution < -0.4 is 0 Å². The number of aromatic nitrogens is 1. The molecule has 0 unspecified atom stereocenters. The number of carbonyl (C=O) groups excluding carboxylic acids is 1. The fourth-order valence-electron chi connectivity index (χ4n) is 1.94. The zero-order valence-corrected chi connectivity index (χ0v) is 13.4. The molecule has 0 atom stereocenters. The van der Waals surface area contributed by atoms with Crippen molar-refractivity contribution in [3.05, 3.63) is 76.0 Å². The Morgan fingerprint density at radius 3 is 2.65 bits per heavy atom. The number of ether oxygens (including phenoxy) is 1. The van der Waals surface area contributed by atoms with E-state index in [2.05, 4.69) is 4.98 Å². The molecule has 0 bridgehead atoms. The van der Waals surface area contributed by atoms with Crippen LogP contribution in [0.25, 0.3) is 10.6 Å². The van der Waals surface area contributed by atoms with Gasteiger partial charge in [0.15, 0.2) is 0 Å². The number of benzene rings is 2. The average Bonchev–Trinajstić information content (AvgIpc) is 3.03. The normalized spacial score (nSPS) is 10.5. The first-order valence-electron chi connectivity index (χ1n) is 6.75. The lowest BCUT2D eigenvalue weighted by Crippen LogP contribution is -2.06. The van der Waals surface area contributed by atoms with Gasteiger partial charge in [-0.1, -0.05) is 23.7 Å². The Hall–Kier alpha value is -2.24. The summed E-state index contributed by atoms with van der Waals surface area (Å²) in [6.45, 7) is 0.0573. The molecule has 0 aliphatic rings. The number of hydrogen-bond donors (Lipinski definition) is 0. The highest BCUT2D eigenvalue weighted by atomic mass is 35.5. The number of rotatable bonds is 4. The molecule has 0 amide bonds. The van der Waals surface area contributed by atoms with Crippen molar-refractivity contribution in [3.63, 3.8) is 0 Å². The molecular formula is C17H11ClFNO2S. The van der Waals surface area contributed by atoms with Crippen molar-refractivity contribution in [3.8, 4) is 10.6 Å². The molecule has 0 saturated carbocycles. The van der Waals surface area contributed by atoms with Gasteiger partial charge in [-0.25, -0.2) is 14.2 Å². The Morgan fingerprint density at radius 2 is 1.91 bits per heavy atom. The molecule has 6 heteroatoms. The lowest BCUT2D eigenvalue weighted by Gasteiger charge is -2.04. The highest BCUT2D eigenvalue weighted by Crippen LogP contribution is 2.24. The molecule has 3 rings (SSSR count). The van der Waals surface area contributed by atoms with Crippen molar-refractivity contribution in [1.29, 1.82) is 0 Å². The molecule has 3 nitrogen and oxygen atoms in total. The third-order valence-electron chi connectivity index (χ3n) is 3.09. The lowest BCUT2D eigenvalue weighted by atomic mass is 10.2. The molecule has 3 aromatic rings. The second-order valence-electron chi connectivity index (χ2n) is 4.71. The monoisotopic (exact) mass is 347 g/mol. The van der Waals surface area contributed by atoms with Crippen LogP contribution in [0.3, 0.4) is 0 Å². The molecule has 116 valence electrons. The van der Waals surface area contributed by atoms with Gasteiger partial charge in [-0.05, 0) is 36.4 Å². The van der Waals surface area contributed by atoms with Gasteiger partial charge in [0.2, 0.25) is 0 Å². The Morgan fingerprint density at radius 1 is 1.17 bits per heavy atom. The molecule has 0 fully saturated rings. The number of carbonyl (C=O) groups is 1. The highest BCUT2D eigenvalue weighted by Gasteiger charge is 2.12. The van der Waals surface area contributed by atoms with E-state index in [1.807, 2.05) is 0 Å². The SMILES string of the molecule is O=C(OCc1csc(-c2ccc(F)cc2)n1)c1ccccc1Cl. The van der Waals surface area contributed by atoms with Crippen LogP contribution >= 0.6 is 22.9 Å². The summed E-state index contributed by atoms with van der Waals surface area (Å²) in [7, 11) is 0. The van der Waals surface area contributed by atoms with Crippen LogP contribution in [0, 0.1) is 5.82 Å². The molecule has 0 aliphatic carbocycles. The molecule has 2 aromatic carbocycles. The molecule has 23 heavy (non-hydrogen) atoms. The first kappa shape index (κ1) is 15.6. The maximum atomic E-state index is 12.9. The van der Waals surface area contributed by atoms with Crippen LogP contribution in [-0.4, -0.2) is 11.0 Å². The smallest absolute Gasteiger partial charge is 0.340 e. The first-order chi connectivity index (χ1) is 11.1. The van der Waals surface area contributed by atoms with E-state index in [0.29, 0.717) is 16.3 Å². The van der Waals surface area contributed by atoms with Crippen LogP contribution in [0.15, 0.2) is 53.9 Å². The van der Waals surface area contributed by atoms with Crippen LogP contribution in [0.5, 0.6) is 0 Å². The van der Waals surface area contributed by atoms with Crippen LogP contribution in [0.4, 0.5) is 4.39 Å². The van der Waals surface area contributed by atoms with E-state index in [-0.39, 0.29) is 12.4 Å². The molecular weight excluding hydrogens is 337 g/mol. The molecule has 1 heterocycles. The molecule has 0 spiro atoms. The van der Waals surface area contributed by atoms with Gasteiger partial charge in [0.25, 0.3) is 0 Å². The van der Waals surface area contributed by atoms with E-state index in [1.54, 1.807) is 41.8 Å². The molecule has 0 saturated heterocycles. The van der Waals surface area contributed by atoms with Crippen LogP contribution in [0.2, 0.25) is 5.02 Å². The summed E-state index contributed by atoms with van der Waals surface area (Å²) in [5.74, 6) is -0.786. The predicted molar refractivity (Wildman–Crippen MR) is 88.1 cm³/mol. The maximum absolute atomic E-state index is 12.9. The fourth-order valence-corrected chi connectivity index (χ4v) is 2.97. The van der Waals surface area contributed by atoms with Gasteiger partial charge >= 0.3 is 5.97 Å². The van der Waals surface area contributed by atoms with Gasteiger partial charge in [0.1, 0.15) is 17.4 Å². The van der Waals surface area contributed by atoms with Crippen LogP contribution in [0.1, 0.15) is 16.1 Å². The van der Waals surface area contributed by atoms with Gasteiger partial charge in [0.05, 0.1) is 16.3 Å². The number of esters is 1. The van der Waals surface area contributed by atoms with Crippen molar-refractivity contribution in [1.82, 2.24) is 4.98 Å². The van der Waals surface area contributed by atoms with Gasteiger partial charge in [-0.3, -0.25) is 0 Å². The summed E-state index contributed by atoms with van der Waals surface area (Å²) in [6, 6.07) is 12.8. The Labute approximate surface area is 141 Å². The van der Waals surface area contributed by atoms with Crippen molar-refractivity contribution in [2.75, 3.05) is 0 Å². The maximum Gasteiger partial charge on any atom is 0.340 e. The Kier molecular flexibility index (Phi) is 4.69. The second kappa shape index (κ2) is 6.89. The third kappa shape index (κ3) is 3.75. The summed E-state index contributed by atoms with van der Waals surface area (Å²) in [6.07, 6.45) is 0. The van der Waals surface area contributed by atoms with Crippen molar-refractivity contribution in [2.45, 2.75) is 6.61 Å². The average molecular weight is 348 g/mol. The zero-order valence-electron chi connectivity index (χ0n) is 11.8. The number of hydrogen-bond acceptors (Lipinski definition) is 4. The van der Waals surface area contributed by atoms with E-state index in [0.717, 1.165) is 10.6 Å². The van der Waals surface area contributed by atoms with Crippen LogP contribution in [-0.2, 0) is 11.3 Å². The second-order valence-corrected chi connectivity index (χ2v) is 5.97. The predicted octanol–water partition coefficient (Wildman–Crippen LogP) is 4.96.